The Morgan fingerprint density at radius 3 is 2.12 bits per heavy atom. The molecule has 7 heteroatoms. The van der Waals surface area contributed by atoms with Crippen molar-refractivity contribution in [3.63, 3.8) is 0 Å². The van der Waals surface area contributed by atoms with Crippen LogP contribution in [-0.4, -0.2) is 29.3 Å². The fourth-order valence-electron chi connectivity index (χ4n) is 2.02. The summed E-state index contributed by atoms with van der Waals surface area (Å²) in [4.78, 5) is 24.5. The van der Waals surface area contributed by atoms with Gasteiger partial charge in [0.1, 0.15) is 17.2 Å². The summed E-state index contributed by atoms with van der Waals surface area (Å²) in [7, 11) is 0. The highest BCUT2D eigenvalue weighted by atomic mass is 35.5. The highest BCUT2D eigenvalue weighted by Gasteiger charge is 2.32. The van der Waals surface area contributed by atoms with Crippen molar-refractivity contribution in [2.75, 3.05) is 0 Å². The number of ether oxygens (including phenoxy) is 2. The van der Waals surface area contributed by atoms with Gasteiger partial charge in [-0.05, 0) is 59.2 Å². The fourth-order valence-corrected chi connectivity index (χ4v) is 2.22. The van der Waals surface area contributed by atoms with E-state index in [1.165, 1.54) is 0 Å². The van der Waals surface area contributed by atoms with E-state index in [9.17, 15) is 9.59 Å². The van der Waals surface area contributed by atoms with Gasteiger partial charge in [0.15, 0.2) is 0 Å². The Kier molecular flexibility index (Phi) is 6.85. The molecule has 0 bridgehead atoms. The lowest BCUT2D eigenvalue weighted by Gasteiger charge is -2.29. The smallest absolute Gasteiger partial charge is 0.408 e. The molecule has 0 saturated carbocycles. The molecule has 0 aliphatic heterocycles. The molecule has 0 heterocycles. The first-order chi connectivity index (χ1) is 11.3. The maximum Gasteiger partial charge on any atom is 0.408 e. The van der Waals surface area contributed by atoms with E-state index in [1.54, 1.807) is 65.8 Å². The van der Waals surface area contributed by atoms with E-state index in [0.717, 1.165) is 0 Å². The zero-order chi connectivity index (χ0) is 19.4. The van der Waals surface area contributed by atoms with Gasteiger partial charge in [-0.3, -0.25) is 4.79 Å². The quantitative estimate of drug-likeness (QED) is 0.790. The number of alkyl carbamates (subject to hydrolysis) is 1. The average molecular weight is 371 g/mol. The molecular formula is C18H27ClN2O4. The van der Waals surface area contributed by atoms with Gasteiger partial charge in [0, 0.05) is 5.02 Å². The Hall–Kier alpha value is -1.79. The number of halogens is 1. The van der Waals surface area contributed by atoms with Crippen molar-refractivity contribution in [1.82, 2.24) is 5.32 Å². The van der Waals surface area contributed by atoms with Gasteiger partial charge in [0.05, 0.1) is 6.04 Å². The minimum atomic E-state index is -1.12. The number of hydrogen-bond acceptors (Lipinski definition) is 5. The Bertz CT molecular complexity index is 620. The van der Waals surface area contributed by atoms with Gasteiger partial charge in [-0.25, -0.2) is 4.79 Å². The number of carbonyl (C=O) groups excluding carboxylic acids is 2. The molecule has 0 spiro atoms. The topological polar surface area (TPSA) is 90.6 Å². The predicted octanol–water partition coefficient (Wildman–Crippen LogP) is 3.57. The van der Waals surface area contributed by atoms with Crippen LogP contribution < -0.4 is 11.1 Å². The van der Waals surface area contributed by atoms with Crippen LogP contribution in [0.15, 0.2) is 24.3 Å². The van der Waals surface area contributed by atoms with Crippen molar-refractivity contribution >= 4 is 23.7 Å². The Morgan fingerprint density at radius 2 is 1.64 bits per heavy atom. The molecule has 0 aromatic heterocycles. The van der Waals surface area contributed by atoms with Crippen molar-refractivity contribution in [2.24, 2.45) is 5.73 Å². The number of amides is 1. The number of hydrogen-bond donors (Lipinski definition) is 2. The second kappa shape index (κ2) is 8.06. The number of carbonyl (C=O) groups is 2. The lowest BCUT2D eigenvalue weighted by Crippen LogP contribution is -2.48. The lowest BCUT2D eigenvalue weighted by atomic mass is 9.99. The largest absolute Gasteiger partial charge is 0.459 e. The Balaban J connectivity index is 3.07. The van der Waals surface area contributed by atoms with Crippen LogP contribution in [0.2, 0.25) is 5.02 Å². The van der Waals surface area contributed by atoms with E-state index < -0.39 is 35.3 Å². The summed E-state index contributed by atoms with van der Waals surface area (Å²) in [5.74, 6) is -0.631. The number of nitrogens with one attached hydrogen (secondary N) is 1. The molecule has 0 aliphatic rings. The summed E-state index contributed by atoms with van der Waals surface area (Å²) in [6.07, 6.45) is -0.684. The molecule has 6 nitrogen and oxygen atoms in total. The summed E-state index contributed by atoms with van der Waals surface area (Å²) < 4.78 is 10.6. The maximum atomic E-state index is 12.4. The van der Waals surface area contributed by atoms with Crippen LogP contribution in [-0.2, 0) is 14.3 Å². The van der Waals surface area contributed by atoms with Crippen molar-refractivity contribution in [2.45, 2.75) is 64.8 Å². The van der Waals surface area contributed by atoms with Crippen LogP contribution in [0.5, 0.6) is 0 Å². The molecule has 0 aliphatic carbocycles. The second-order valence-corrected chi connectivity index (χ2v) is 8.17. The minimum Gasteiger partial charge on any atom is -0.459 e. The zero-order valence-electron chi connectivity index (χ0n) is 15.6. The van der Waals surface area contributed by atoms with Crippen molar-refractivity contribution < 1.29 is 19.1 Å². The van der Waals surface area contributed by atoms with E-state index in [-0.39, 0.29) is 0 Å². The van der Waals surface area contributed by atoms with Gasteiger partial charge in [0.2, 0.25) is 0 Å². The molecule has 2 atom stereocenters. The first-order valence-electron chi connectivity index (χ1n) is 8.02. The van der Waals surface area contributed by atoms with Gasteiger partial charge < -0.3 is 20.5 Å². The summed E-state index contributed by atoms with van der Waals surface area (Å²) in [6.45, 7) is 10.5. The van der Waals surface area contributed by atoms with E-state index in [4.69, 9.17) is 26.8 Å². The molecule has 140 valence electrons. The third-order valence-corrected chi connectivity index (χ3v) is 3.15. The number of benzene rings is 1. The summed E-state index contributed by atoms with van der Waals surface area (Å²) in [6, 6.07) is 4.79. The lowest BCUT2D eigenvalue weighted by molar-refractivity contribution is -0.157. The summed E-state index contributed by atoms with van der Waals surface area (Å²) in [5.41, 5.74) is 5.28. The standard InChI is InChI=1S/C18H27ClN2O4/c1-17(2,3)24-15(22)13(20)14(11-8-7-9-12(19)10-11)21-16(23)25-18(4,5)6/h7-10,13-14H,20H2,1-6H3,(H,21,23)/t13-,14-/m1/s1. The van der Waals surface area contributed by atoms with Crippen LogP contribution in [0.1, 0.15) is 53.1 Å². The third kappa shape index (κ3) is 7.75. The molecule has 25 heavy (non-hydrogen) atoms. The van der Waals surface area contributed by atoms with Crippen molar-refractivity contribution in [1.29, 1.82) is 0 Å². The van der Waals surface area contributed by atoms with Crippen LogP contribution in [0, 0.1) is 0 Å². The maximum absolute atomic E-state index is 12.4. The van der Waals surface area contributed by atoms with Gasteiger partial charge in [-0.1, -0.05) is 23.7 Å². The zero-order valence-corrected chi connectivity index (χ0v) is 16.3. The van der Waals surface area contributed by atoms with Gasteiger partial charge in [-0.15, -0.1) is 0 Å². The van der Waals surface area contributed by atoms with E-state index in [2.05, 4.69) is 5.32 Å². The molecule has 1 rings (SSSR count). The number of nitrogens with two attached hydrogens (primary N) is 1. The Labute approximate surface area is 154 Å². The highest BCUT2D eigenvalue weighted by molar-refractivity contribution is 6.30. The molecule has 1 aromatic rings. The van der Waals surface area contributed by atoms with E-state index in [0.29, 0.717) is 10.6 Å². The second-order valence-electron chi connectivity index (χ2n) is 7.74. The van der Waals surface area contributed by atoms with Crippen molar-refractivity contribution in [3.8, 4) is 0 Å². The fraction of sp³-hybridized carbons (Fsp3) is 0.556. The van der Waals surface area contributed by atoms with Gasteiger partial charge >= 0.3 is 12.1 Å². The van der Waals surface area contributed by atoms with Gasteiger partial charge in [-0.2, -0.15) is 0 Å². The number of esters is 1. The summed E-state index contributed by atoms with van der Waals surface area (Å²) in [5, 5.41) is 3.10. The molecule has 0 radical (unpaired) electrons. The monoisotopic (exact) mass is 370 g/mol. The van der Waals surface area contributed by atoms with Crippen molar-refractivity contribution in [3.05, 3.63) is 34.9 Å². The van der Waals surface area contributed by atoms with Gasteiger partial charge in [0.25, 0.3) is 0 Å². The van der Waals surface area contributed by atoms with Crippen LogP contribution in [0.3, 0.4) is 0 Å². The van der Waals surface area contributed by atoms with Crippen LogP contribution in [0.4, 0.5) is 4.79 Å². The minimum absolute atomic E-state index is 0.463. The number of rotatable bonds is 4. The average Bonchev–Trinajstić information content (AvgIpc) is 2.40. The normalized spacial score (nSPS) is 14.4. The molecule has 0 saturated heterocycles. The molecule has 3 N–H and O–H groups in total. The van der Waals surface area contributed by atoms with E-state index in [1.807, 2.05) is 0 Å². The highest BCUT2D eigenvalue weighted by Crippen LogP contribution is 2.22. The molecular weight excluding hydrogens is 344 g/mol. The third-order valence-electron chi connectivity index (χ3n) is 2.92. The molecule has 0 fully saturated rings. The Morgan fingerprint density at radius 1 is 1.08 bits per heavy atom. The SMILES string of the molecule is CC(C)(C)OC(=O)N[C@H](c1cccc(Cl)c1)[C@@H](N)C(=O)OC(C)(C)C. The first-order valence-corrected chi connectivity index (χ1v) is 8.40. The summed E-state index contributed by atoms with van der Waals surface area (Å²) >= 11 is 6.02. The van der Waals surface area contributed by atoms with Crippen LogP contribution in [0.25, 0.3) is 0 Å². The van der Waals surface area contributed by atoms with Crippen LogP contribution >= 0.6 is 11.6 Å². The first kappa shape index (κ1) is 21.3. The molecule has 1 aromatic carbocycles. The van der Waals surface area contributed by atoms with E-state index >= 15 is 0 Å². The molecule has 0 unspecified atom stereocenters. The predicted molar refractivity (Wildman–Crippen MR) is 97.4 cm³/mol. The molecule has 1 amide bonds.